The largest absolute Gasteiger partial charge is 0.375 e. The van der Waals surface area contributed by atoms with E-state index in [1.165, 1.54) is 5.56 Å². The van der Waals surface area contributed by atoms with Crippen molar-refractivity contribution in [2.24, 2.45) is 4.99 Å². The van der Waals surface area contributed by atoms with Gasteiger partial charge in [0.05, 0.1) is 24.8 Å². The first kappa shape index (κ1) is 20.9. The van der Waals surface area contributed by atoms with Crippen molar-refractivity contribution in [2.75, 3.05) is 20.2 Å². The van der Waals surface area contributed by atoms with Crippen molar-refractivity contribution in [1.82, 2.24) is 10.6 Å². The van der Waals surface area contributed by atoms with Crippen LogP contribution in [0.4, 0.5) is 0 Å². The van der Waals surface area contributed by atoms with Gasteiger partial charge in [-0.2, -0.15) is 5.26 Å². The zero-order chi connectivity index (χ0) is 17.0. The van der Waals surface area contributed by atoms with Gasteiger partial charge >= 0.3 is 0 Å². The summed E-state index contributed by atoms with van der Waals surface area (Å²) in [5, 5.41) is 15.2. The molecule has 0 atom stereocenters. The van der Waals surface area contributed by atoms with Crippen LogP contribution >= 0.6 is 24.0 Å². The lowest BCUT2D eigenvalue weighted by Gasteiger charge is -2.12. The first-order chi connectivity index (χ1) is 11.8. The predicted molar refractivity (Wildman–Crippen MR) is 111 cm³/mol. The van der Waals surface area contributed by atoms with E-state index in [9.17, 15) is 0 Å². The molecular formula is C19H23IN4O. The fourth-order valence-electron chi connectivity index (χ4n) is 2.11. The standard InChI is InChI=1S/C19H22N4O.HI/c1-21-19(23-14-17-9-7-16(13-20)8-10-17)22-11-12-24-15-18-5-3-2-4-6-18;/h2-10H,11-12,14-15H2,1H3,(H2,21,22,23);1H. The number of benzene rings is 2. The van der Waals surface area contributed by atoms with E-state index in [1.807, 2.05) is 54.6 Å². The summed E-state index contributed by atoms with van der Waals surface area (Å²) in [5.41, 5.74) is 2.93. The zero-order valence-electron chi connectivity index (χ0n) is 14.2. The number of halogens is 1. The van der Waals surface area contributed by atoms with Crippen LogP contribution in [0.5, 0.6) is 0 Å². The molecule has 6 heteroatoms. The van der Waals surface area contributed by atoms with E-state index < -0.39 is 0 Å². The van der Waals surface area contributed by atoms with E-state index in [1.54, 1.807) is 7.05 Å². The topological polar surface area (TPSA) is 69.4 Å². The van der Waals surface area contributed by atoms with E-state index in [0.717, 1.165) is 11.5 Å². The summed E-state index contributed by atoms with van der Waals surface area (Å²) >= 11 is 0. The fraction of sp³-hybridized carbons (Fsp3) is 0.263. The van der Waals surface area contributed by atoms with Crippen molar-refractivity contribution in [3.63, 3.8) is 0 Å². The molecule has 0 unspecified atom stereocenters. The van der Waals surface area contributed by atoms with Crippen LogP contribution in [-0.2, 0) is 17.9 Å². The summed E-state index contributed by atoms with van der Waals surface area (Å²) in [5.74, 6) is 0.725. The van der Waals surface area contributed by atoms with Gasteiger partial charge in [0, 0.05) is 20.1 Å². The van der Waals surface area contributed by atoms with Crippen LogP contribution in [-0.4, -0.2) is 26.2 Å². The summed E-state index contributed by atoms with van der Waals surface area (Å²) in [7, 11) is 1.74. The summed E-state index contributed by atoms with van der Waals surface area (Å²) in [4.78, 5) is 4.18. The minimum Gasteiger partial charge on any atom is -0.375 e. The maximum absolute atomic E-state index is 8.79. The van der Waals surface area contributed by atoms with Crippen LogP contribution in [0, 0.1) is 11.3 Å². The average molecular weight is 450 g/mol. The molecule has 5 nitrogen and oxygen atoms in total. The van der Waals surface area contributed by atoms with Gasteiger partial charge < -0.3 is 15.4 Å². The number of aliphatic imine (C=N–C) groups is 1. The van der Waals surface area contributed by atoms with Gasteiger partial charge in [0.1, 0.15) is 0 Å². The highest BCUT2D eigenvalue weighted by Gasteiger charge is 1.99. The fourth-order valence-corrected chi connectivity index (χ4v) is 2.11. The Morgan fingerprint density at radius 3 is 2.40 bits per heavy atom. The van der Waals surface area contributed by atoms with Gasteiger partial charge in [0.25, 0.3) is 0 Å². The molecule has 0 aliphatic rings. The smallest absolute Gasteiger partial charge is 0.191 e. The maximum atomic E-state index is 8.79. The van der Waals surface area contributed by atoms with Gasteiger partial charge in [0.15, 0.2) is 5.96 Å². The second-order valence-corrected chi connectivity index (χ2v) is 5.20. The SMILES string of the molecule is CN=C(NCCOCc1ccccc1)NCc1ccc(C#N)cc1.I. The van der Waals surface area contributed by atoms with Crippen LogP contribution in [0.15, 0.2) is 59.6 Å². The number of guanidine groups is 1. The Bertz CT molecular complexity index is 681. The Morgan fingerprint density at radius 1 is 1.04 bits per heavy atom. The quantitative estimate of drug-likeness (QED) is 0.295. The molecule has 0 aromatic heterocycles. The third kappa shape index (κ3) is 8.01. The number of rotatable bonds is 7. The Labute approximate surface area is 166 Å². The first-order valence-electron chi connectivity index (χ1n) is 7.87. The molecule has 25 heavy (non-hydrogen) atoms. The lowest BCUT2D eigenvalue weighted by molar-refractivity contribution is 0.125. The molecule has 0 bridgehead atoms. The first-order valence-corrected chi connectivity index (χ1v) is 7.87. The van der Waals surface area contributed by atoms with Crippen molar-refractivity contribution < 1.29 is 4.74 Å². The monoisotopic (exact) mass is 450 g/mol. The summed E-state index contributed by atoms with van der Waals surface area (Å²) in [6.45, 7) is 2.54. The number of hydrogen-bond acceptors (Lipinski definition) is 3. The van der Waals surface area contributed by atoms with Crippen LogP contribution in [0.1, 0.15) is 16.7 Å². The molecule has 0 amide bonds. The lowest BCUT2D eigenvalue weighted by atomic mass is 10.1. The van der Waals surface area contributed by atoms with Crippen molar-refractivity contribution in [3.8, 4) is 6.07 Å². The number of nitrogens with one attached hydrogen (secondary N) is 2. The van der Waals surface area contributed by atoms with Gasteiger partial charge in [-0.25, -0.2) is 0 Å². The molecule has 0 saturated carbocycles. The number of hydrogen-bond donors (Lipinski definition) is 2. The van der Waals surface area contributed by atoms with Crippen molar-refractivity contribution in [3.05, 3.63) is 71.3 Å². The minimum absolute atomic E-state index is 0. The molecule has 0 heterocycles. The Morgan fingerprint density at radius 2 is 1.76 bits per heavy atom. The highest BCUT2D eigenvalue weighted by Crippen LogP contribution is 2.02. The molecule has 132 valence electrons. The van der Waals surface area contributed by atoms with Crippen LogP contribution in [0.25, 0.3) is 0 Å². The third-order valence-corrected chi connectivity index (χ3v) is 3.42. The van der Waals surface area contributed by atoms with Crippen molar-refractivity contribution in [2.45, 2.75) is 13.2 Å². The summed E-state index contributed by atoms with van der Waals surface area (Å²) in [6.07, 6.45) is 0. The Hall–Kier alpha value is -2.11. The van der Waals surface area contributed by atoms with Crippen molar-refractivity contribution >= 4 is 29.9 Å². The van der Waals surface area contributed by atoms with Crippen LogP contribution in [0.3, 0.4) is 0 Å². The molecule has 2 aromatic rings. The number of nitriles is 1. The Balaban J connectivity index is 0.00000312. The number of ether oxygens (including phenoxy) is 1. The van der Waals surface area contributed by atoms with Crippen LogP contribution in [0.2, 0.25) is 0 Å². The van der Waals surface area contributed by atoms with Gasteiger partial charge in [0.2, 0.25) is 0 Å². The summed E-state index contributed by atoms with van der Waals surface area (Å²) in [6, 6.07) is 19.7. The number of nitrogens with zero attached hydrogens (tertiary/aromatic N) is 2. The highest BCUT2D eigenvalue weighted by molar-refractivity contribution is 14.0. The van der Waals surface area contributed by atoms with Crippen LogP contribution < -0.4 is 10.6 Å². The summed E-state index contributed by atoms with van der Waals surface area (Å²) < 4.78 is 5.63. The second kappa shape index (κ2) is 12.3. The van der Waals surface area contributed by atoms with Gasteiger partial charge in [-0.3, -0.25) is 4.99 Å². The van der Waals surface area contributed by atoms with Gasteiger partial charge in [-0.1, -0.05) is 42.5 Å². The molecule has 2 rings (SSSR count). The molecule has 0 fully saturated rings. The highest BCUT2D eigenvalue weighted by atomic mass is 127. The predicted octanol–water partition coefficient (Wildman–Crippen LogP) is 3.06. The maximum Gasteiger partial charge on any atom is 0.191 e. The molecular weight excluding hydrogens is 427 g/mol. The van der Waals surface area contributed by atoms with Gasteiger partial charge in [-0.05, 0) is 23.3 Å². The molecule has 2 aromatic carbocycles. The molecule has 0 aliphatic carbocycles. The zero-order valence-corrected chi connectivity index (χ0v) is 16.6. The third-order valence-electron chi connectivity index (χ3n) is 3.42. The molecule has 0 aliphatic heterocycles. The molecule has 0 radical (unpaired) electrons. The van der Waals surface area contributed by atoms with E-state index in [0.29, 0.717) is 31.9 Å². The normalized spacial score (nSPS) is 10.5. The second-order valence-electron chi connectivity index (χ2n) is 5.20. The van der Waals surface area contributed by atoms with E-state index >= 15 is 0 Å². The van der Waals surface area contributed by atoms with E-state index in [4.69, 9.17) is 10.00 Å². The lowest BCUT2D eigenvalue weighted by Crippen LogP contribution is -2.38. The Kier molecular flexibility index (Phi) is 10.3. The molecule has 0 saturated heterocycles. The molecule has 2 N–H and O–H groups in total. The van der Waals surface area contributed by atoms with E-state index in [2.05, 4.69) is 21.7 Å². The van der Waals surface area contributed by atoms with Gasteiger partial charge in [-0.15, -0.1) is 24.0 Å². The average Bonchev–Trinajstić information content (AvgIpc) is 2.65. The molecule has 0 spiro atoms. The minimum atomic E-state index is 0. The van der Waals surface area contributed by atoms with Crippen molar-refractivity contribution in [1.29, 1.82) is 5.26 Å². The van der Waals surface area contributed by atoms with E-state index in [-0.39, 0.29) is 24.0 Å².